The fourth-order valence-corrected chi connectivity index (χ4v) is 10.3. The summed E-state index contributed by atoms with van der Waals surface area (Å²) < 4.78 is 9.64. The number of aromatic nitrogens is 4. The number of imidazole rings is 2. The van der Waals surface area contributed by atoms with Gasteiger partial charge in [-0.05, 0) is 102 Å². The Bertz CT molecular complexity index is 2560. The maximum Gasteiger partial charge on any atom is 0.407 e. The van der Waals surface area contributed by atoms with E-state index in [2.05, 4.69) is 113 Å². The molecule has 3 fully saturated rings. The molecule has 3 aromatic carbocycles. The second kappa shape index (κ2) is 19.5. The number of fused-ring (bicyclic) bond motifs is 1. The first-order valence-electron chi connectivity index (χ1n) is 23.9. The van der Waals surface area contributed by atoms with E-state index in [0.29, 0.717) is 13.1 Å². The van der Waals surface area contributed by atoms with E-state index in [1.165, 1.54) is 30.9 Å². The smallest absolute Gasteiger partial charge is 0.407 e. The number of anilines is 1. The van der Waals surface area contributed by atoms with Crippen LogP contribution in [0.3, 0.4) is 0 Å². The number of likely N-dealkylation sites (tertiary alicyclic amines) is 2. The molecule has 3 aliphatic rings. The Kier molecular flexibility index (Phi) is 13.7. The molecule has 5 aromatic rings. The minimum absolute atomic E-state index is 0.0188. The van der Waals surface area contributed by atoms with Gasteiger partial charge in [-0.3, -0.25) is 9.59 Å². The van der Waals surface area contributed by atoms with Gasteiger partial charge in [0, 0.05) is 18.8 Å². The minimum atomic E-state index is -0.702. The third kappa shape index (κ3) is 9.73. The fourth-order valence-electron chi connectivity index (χ4n) is 10.3. The second-order valence-electron chi connectivity index (χ2n) is 20.1. The van der Waals surface area contributed by atoms with Crippen LogP contribution in [0.15, 0.2) is 72.9 Å². The summed E-state index contributed by atoms with van der Waals surface area (Å²) in [6, 6.07) is 22.6. The third-order valence-corrected chi connectivity index (χ3v) is 14.0. The number of alkyl carbamates (subject to hydrolysis) is 2. The predicted octanol–water partition coefficient (Wildman–Crippen LogP) is 9.42. The topological polar surface area (TPSA) is 178 Å². The molecule has 356 valence electrons. The van der Waals surface area contributed by atoms with E-state index in [-0.39, 0.29) is 53.2 Å². The van der Waals surface area contributed by atoms with Crippen molar-refractivity contribution in [3.8, 4) is 11.3 Å². The van der Waals surface area contributed by atoms with Gasteiger partial charge in [-0.15, -0.1) is 0 Å². The summed E-state index contributed by atoms with van der Waals surface area (Å²) in [5.74, 6) is 0.988. The Labute approximate surface area is 393 Å². The summed E-state index contributed by atoms with van der Waals surface area (Å²) >= 11 is 0. The zero-order chi connectivity index (χ0) is 47.7. The van der Waals surface area contributed by atoms with Crippen LogP contribution in [-0.4, -0.2) is 93.1 Å². The van der Waals surface area contributed by atoms with Crippen molar-refractivity contribution >= 4 is 40.7 Å². The first-order chi connectivity index (χ1) is 32.1. The number of methoxy groups -OCH3 is 2. The fraction of sp³-hybridized carbons (Fsp3) is 0.500. The van der Waals surface area contributed by atoms with Crippen molar-refractivity contribution in [3.63, 3.8) is 0 Å². The van der Waals surface area contributed by atoms with Gasteiger partial charge in [0.25, 0.3) is 0 Å². The number of carbonyl (C=O) groups excluding carboxylic acids is 4. The highest BCUT2D eigenvalue weighted by Crippen LogP contribution is 2.48. The highest BCUT2D eigenvalue weighted by Gasteiger charge is 2.40. The molecule has 15 nitrogen and oxygen atoms in total. The number of hydrogen-bond donors (Lipinski definition) is 4. The molecule has 5 heterocycles. The molecule has 8 rings (SSSR count). The lowest BCUT2D eigenvalue weighted by Gasteiger charge is -2.34. The van der Waals surface area contributed by atoms with E-state index >= 15 is 0 Å². The summed E-state index contributed by atoms with van der Waals surface area (Å²) in [6.45, 7) is 15.6. The molecular weight excluding hydrogens is 847 g/mol. The lowest BCUT2D eigenvalue weighted by Crippen LogP contribution is -2.51. The Hall–Kier alpha value is -6.38. The molecule has 0 bridgehead atoms. The molecule has 15 heteroatoms. The molecule has 2 aromatic heterocycles. The number of hydrogen-bond acceptors (Lipinski definition) is 9. The average Bonchev–Trinajstić information content (AvgIpc) is 4.18. The SMILES string of the molecule is COC(=O)N[C@H](C(=O)N1CCC[C@H]1c1ncc(-c2ccc(C3CCC(c4ccc5nc([C@@H]6CCCN6C(=O)[C@@H](NC(=O)OC)C(C)C)[nH]c5c4)N3c3ccc(C(C)(C)C)cc3)cc2)[nH]1)C(C)C. The van der Waals surface area contributed by atoms with Gasteiger partial charge in [0.2, 0.25) is 11.8 Å². The van der Waals surface area contributed by atoms with Crippen molar-refractivity contribution in [1.82, 2.24) is 40.4 Å². The van der Waals surface area contributed by atoms with Crippen LogP contribution in [0.2, 0.25) is 0 Å². The summed E-state index contributed by atoms with van der Waals surface area (Å²) in [6.07, 6.45) is 5.75. The standard InChI is InChI=1S/C52H67N9O6/c1-30(2)44(57-50(64)66-8)48(62)59-26-10-12-42(59)46-53-29-39(56-46)32-14-16-33(17-15-32)40-24-25-41(61(40)36-21-19-35(20-22-36)52(5,6)7)34-18-23-37-38(28-34)55-47(54-37)43-13-11-27-60(43)49(63)45(31(3)4)58-51(65)67-9/h14-23,28-31,40-45H,10-13,24-27H2,1-9H3,(H,53,56)(H,54,55)(H,57,64)(H,58,65)/t40?,41?,42-,43-,44-,45-/m0/s1. The molecule has 6 atom stereocenters. The van der Waals surface area contributed by atoms with E-state index in [4.69, 9.17) is 19.4 Å². The second-order valence-corrected chi connectivity index (χ2v) is 20.1. The normalized spacial score (nSPS) is 20.7. The van der Waals surface area contributed by atoms with Crippen LogP contribution in [0.4, 0.5) is 15.3 Å². The predicted molar refractivity (Wildman–Crippen MR) is 258 cm³/mol. The number of aromatic amines is 2. The van der Waals surface area contributed by atoms with E-state index in [1.54, 1.807) is 0 Å². The molecule has 4 N–H and O–H groups in total. The highest BCUT2D eigenvalue weighted by molar-refractivity contribution is 5.87. The number of rotatable bonds is 12. The van der Waals surface area contributed by atoms with Crippen LogP contribution in [0.5, 0.6) is 0 Å². The zero-order valence-electron chi connectivity index (χ0n) is 40.4. The maximum absolute atomic E-state index is 13.9. The monoisotopic (exact) mass is 914 g/mol. The molecule has 3 aliphatic heterocycles. The van der Waals surface area contributed by atoms with Crippen LogP contribution < -0.4 is 15.5 Å². The number of ether oxygens (including phenoxy) is 2. The van der Waals surface area contributed by atoms with Crippen molar-refractivity contribution in [3.05, 3.63) is 101 Å². The maximum atomic E-state index is 13.9. The average molecular weight is 914 g/mol. The molecular formula is C52H67N9O6. The van der Waals surface area contributed by atoms with Gasteiger partial charge in [0.05, 0.1) is 61.3 Å². The summed E-state index contributed by atoms with van der Waals surface area (Å²) in [5.41, 5.74) is 8.52. The molecule has 0 saturated carbocycles. The van der Waals surface area contributed by atoms with Crippen molar-refractivity contribution in [2.75, 3.05) is 32.2 Å². The lowest BCUT2D eigenvalue weighted by molar-refractivity contribution is -0.136. The zero-order valence-corrected chi connectivity index (χ0v) is 40.4. The Morgan fingerprint density at radius 3 is 1.75 bits per heavy atom. The van der Waals surface area contributed by atoms with Gasteiger partial charge < -0.3 is 44.8 Å². The number of amides is 4. The highest BCUT2D eigenvalue weighted by atomic mass is 16.5. The molecule has 0 radical (unpaired) electrons. The van der Waals surface area contributed by atoms with Gasteiger partial charge in [0.1, 0.15) is 23.7 Å². The molecule has 3 saturated heterocycles. The molecule has 0 aliphatic carbocycles. The van der Waals surface area contributed by atoms with Crippen LogP contribution in [0, 0.1) is 11.8 Å². The molecule has 0 spiro atoms. The number of benzene rings is 3. The number of H-pyrrole nitrogens is 2. The van der Waals surface area contributed by atoms with Crippen LogP contribution in [0.1, 0.15) is 139 Å². The van der Waals surface area contributed by atoms with Crippen LogP contribution in [-0.2, 0) is 24.5 Å². The Morgan fingerprint density at radius 2 is 1.21 bits per heavy atom. The molecule has 4 amide bonds. The van der Waals surface area contributed by atoms with E-state index < -0.39 is 24.3 Å². The first-order valence-corrected chi connectivity index (χ1v) is 23.9. The largest absolute Gasteiger partial charge is 0.453 e. The van der Waals surface area contributed by atoms with Crippen LogP contribution >= 0.6 is 0 Å². The Morgan fingerprint density at radius 1 is 0.672 bits per heavy atom. The quantitative estimate of drug-likeness (QED) is 0.0950. The van der Waals surface area contributed by atoms with Crippen LogP contribution in [0.25, 0.3) is 22.3 Å². The number of carbonyl (C=O) groups is 4. The van der Waals surface area contributed by atoms with Gasteiger partial charge >= 0.3 is 12.2 Å². The Balaban J connectivity index is 1.04. The number of nitrogens with one attached hydrogen (secondary N) is 4. The molecule has 2 unspecified atom stereocenters. The van der Waals surface area contributed by atoms with Crippen molar-refractivity contribution in [2.24, 2.45) is 11.8 Å². The van der Waals surface area contributed by atoms with E-state index in [9.17, 15) is 19.2 Å². The van der Waals surface area contributed by atoms with Crippen molar-refractivity contribution in [2.45, 2.75) is 129 Å². The van der Waals surface area contributed by atoms with Gasteiger partial charge in [-0.25, -0.2) is 19.6 Å². The first kappa shape index (κ1) is 47.1. The van der Waals surface area contributed by atoms with E-state index in [0.717, 1.165) is 78.2 Å². The van der Waals surface area contributed by atoms with Crippen molar-refractivity contribution in [1.29, 1.82) is 0 Å². The van der Waals surface area contributed by atoms with E-state index in [1.807, 2.05) is 43.7 Å². The van der Waals surface area contributed by atoms with Gasteiger partial charge in [-0.1, -0.05) is 90.9 Å². The summed E-state index contributed by atoms with van der Waals surface area (Å²) in [7, 11) is 2.60. The summed E-state index contributed by atoms with van der Waals surface area (Å²) in [5, 5.41) is 5.47. The molecule has 67 heavy (non-hydrogen) atoms. The lowest BCUT2D eigenvalue weighted by atomic mass is 9.87. The van der Waals surface area contributed by atoms with Gasteiger partial charge in [-0.2, -0.15) is 0 Å². The number of nitrogens with zero attached hydrogens (tertiary/aromatic N) is 5. The minimum Gasteiger partial charge on any atom is -0.453 e. The van der Waals surface area contributed by atoms with Crippen molar-refractivity contribution < 1.29 is 28.7 Å². The third-order valence-electron chi connectivity index (χ3n) is 14.0. The summed E-state index contributed by atoms with van der Waals surface area (Å²) in [4.78, 5) is 75.1. The van der Waals surface area contributed by atoms with Gasteiger partial charge in [0.15, 0.2) is 0 Å².